The number of benzene rings is 1. The van der Waals surface area contributed by atoms with Gasteiger partial charge in [-0.1, -0.05) is 31.4 Å². The van der Waals surface area contributed by atoms with Crippen LogP contribution < -0.4 is 5.32 Å². The highest BCUT2D eigenvalue weighted by atomic mass is 32.2. The zero-order valence-corrected chi connectivity index (χ0v) is 20.3. The topological polar surface area (TPSA) is 113 Å². The quantitative estimate of drug-likeness (QED) is 0.573. The van der Waals surface area contributed by atoms with E-state index in [0.717, 1.165) is 32.1 Å². The molecule has 2 fully saturated rings. The van der Waals surface area contributed by atoms with Gasteiger partial charge in [0.1, 0.15) is 4.90 Å². The van der Waals surface area contributed by atoms with Crippen molar-refractivity contribution in [3.63, 3.8) is 0 Å². The van der Waals surface area contributed by atoms with Gasteiger partial charge in [0.25, 0.3) is 5.91 Å². The van der Waals surface area contributed by atoms with Crippen molar-refractivity contribution in [1.29, 1.82) is 0 Å². The van der Waals surface area contributed by atoms with E-state index in [1.807, 2.05) is 13.8 Å². The summed E-state index contributed by atoms with van der Waals surface area (Å²) in [5, 5.41) is 2.56. The first kappa shape index (κ1) is 25.2. The fraction of sp³-hybridized carbons (Fsp3) is 0.609. The Morgan fingerprint density at radius 2 is 1.85 bits per heavy atom. The Labute approximate surface area is 195 Å². The molecule has 1 N–H and O–H groups in total. The summed E-state index contributed by atoms with van der Waals surface area (Å²) in [5.74, 6) is -1.97. The van der Waals surface area contributed by atoms with Crippen molar-refractivity contribution in [2.75, 3.05) is 25.5 Å². The molecule has 1 aliphatic heterocycles. The lowest BCUT2D eigenvalue weighted by molar-refractivity contribution is -0.151. The van der Waals surface area contributed by atoms with E-state index in [-0.39, 0.29) is 41.5 Å². The molecule has 3 rings (SSSR count). The van der Waals surface area contributed by atoms with Gasteiger partial charge in [-0.25, -0.2) is 8.42 Å². The van der Waals surface area contributed by atoms with Gasteiger partial charge in [0.2, 0.25) is 15.9 Å². The number of sulfonamides is 1. The van der Waals surface area contributed by atoms with Crippen molar-refractivity contribution in [3.05, 3.63) is 24.3 Å². The van der Waals surface area contributed by atoms with Crippen molar-refractivity contribution < 1.29 is 27.5 Å². The van der Waals surface area contributed by atoms with Gasteiger partial charge in [-0.3, -0.25) is 14.4 Å². The lowest BCUT2D eigenvalue weighted by Crippen LogP contribution is -2.38. The first-order chi connectivity index (χ1) is 15.6. The molecular weight excluding hydrogens is 446 g/mol. The molecule has 10 heteroatoms. The number of carbonyl (C=O) groups is 3. The number of anilines is 1. The van der Waals surface area contributed by atoms with Gasteiger partial charge in [0.15, 0.2) is 6.61 Å². The van der Waals surface area contributed by atoms with Gasteiger partial charge in [-0.05, 0) is 38.8 Å². The van der Waals surface area contributed by atoms with Crippen LogP contribution in [0.4, 0.5) is 5.69 Å². The number of para-hydroxylation sites is 1. The molecule has 33 heavy (non-hydrogen) atoms. The Kier molecular flexibility index (Phi) is 8.12. The third-order valence-electron chi connectivity index (χ3n) is 6.37. The maximum atomic E-state index is 13.2. The maximum Gasteiger partial charge on any atom is 0.311 e. The number of ether oxygens (including phenoxy) is 1. The fourth-order valence-electron chi connectivity index (χ4n) is 4.42. The van der Waals surface area contributed by atoms with Crippen molar-refractivity contribution in [2.45, 2.75) is 69.4 Å². The number of likely N-dealkylation sites (tertiary alicyclic amines) is 1. The normalized spacial score (nSPS) is 19.8. The molecule has 1 aromatic carbocycles. The number of esters is 1. The third kappa shape index (κ3) is 5.92. The molecule has 1 atom stereocenters. The zero-order valence-electron chi connectivity index (χ0n) is 19.5. The number of carbonyl (C=O) groups excluding carboxylic acids is 3. The fourth-order valence-corrected chi connectivity index (χ4v) is 5.98. The van der Waals surface area contributed by atoms with Crippen LogP contribution in [0.1, 0.15) is 52.4 Å². The summed E-state index contributed by atoms with van der Waals surface area (Å²) in [6.07, 6.45) is 4.80. The van der Waals surface area contributed by atoms with Gasteiger partial charge >= 0.3 is 5.97 Å². The molecular formula is C23H33N3O6S. The molecule has 9 nitrogen and oxygen atoms in total. The Hall–Kier alpha value is -2.46. The van der Waals surface area contributed by atoms with Crippen LogP contribution in [0.15, 0.2) is 29.2 Å². The molecule has 1 saturated heterocycles. The highest BCUT2D eigenvalue weighted by molar-refractivity contribution is 7.89. The van der Waals surface area contributed by atoms with Gasteiger partial charge in [-0.15, -0.1) is 0 Å². The lowest BCUT2D eigenvalue weighted by atomic mass is 9.96. The molecule has 1 aliphatic carbocycles. The molecule has 1 aromatic rings. The number of amides is 2. The molecule has 2 aliphatic rings. The van der Waals surface area contributed by atoms with Crippen LogP contribution in [0, 0.1) is 5.92 Å². The summed E-state index contributed by atoms with van der Waals surface area (Å²) in [4.78, 5) is 38.4. The Morgan fingerprint density at radius 1 is 1.18 bits per heavy atom. The van der Waals surface area contributed by atoms with Crippen LogP contribution in [0.3, 0.4) is 0 Å². The Morgan fingerprint density at radius 3 is 2.48 bits per heavy atom. The van der Waals surface area contributed by atoms with E-state index in [1.54, 1.807) is 24.1 Å². The summed E-state index contributed by atoms with van der Waals surface area (Å²) < 4.78 is 33.0. The smallest absolute Gasteiger partial charge is 0.311 e. The predicted molar refractivity (Wildman–Crippen MR) is 123 cm³/mol. The molecule has 0 aromatic heterocycles. The summed E-state index contributed by atoms with van der Waals surface area (Å²) in [7, 11) is -2.23. The monoisotopic (exact) mass is 479 g/mol. The summed E-state index contributed by atoms with van der Waals surface area (Å²) >= 11 is 0. The second kappa shape index (κ2) is 10.6. The standard InChI is InChI=1S/C23H33N3O6S/c1-16(2)26-14-17(13-22(26)28)23(29)32-15-21(27)24-19-11-7-8-12-20(19)33(30,31)25(3)18-9-5-4-6-10-18/h7-8,11-12,16-18H,4-6,9-10,13-15H2,1-3H3,(H,24,27). The van der Waals surface area contributed by atoms with Crippen LogP contribution in [-0.2, 0) is 29.1 Å². The maximum absolute atomic E-state index is 13.2. The van der Waals surface area contributed by atoms with Crippen molar-refractivity contribution >= 4 is 33.5 Å². The number of nitrogens with zero attached hydrogens (tertiary/aromatic N) is 2. The molecule has 1 unspecified atom stereocenters. The van der Waals surface area contributed by atoms with Crippen molar-refractivity contribution in [1.82, 2.24) is 9.21 Å². The average molecular weight is 480 g/mol. The van der Waals surface area contributed by atoms with Gasteiger partial charge in [0.05, 0.1) is 11.6 Å². The van der Waals surface area contributed by atoms with E-state index in [9.17, 15) is 22.8 Å². The third-order valence-corrected chi connectivity index (χ3v) is 8.34. The van der Waals surface area contributed by atoms with Crippen molar-refractivity contribution in [2.24, 2.45) is 5.92 Å². The van der Waals surface area contributed by atoms with E-state index in [0.29, 0.717) is 0 Å². The van der Waals surface area contributed by atoms with E-state index in [4.69, 9.17) is 4.74 Å². The summed E-state index contributed by atoms with van der Waals surface area (Å²) in [6.45, 7) is 3.45. The SMILES string of the molecule is CC(C)N1CC(C(=O)OCC(=O)Nc2ccccc2S(=O)(=O)N(C)C2CCCCC2)CC1=O. The molecule has 0 spiro atoms. The van der Waals surface area contributed by atoms with Crippen LogP contribution in [0.5, 0.6) is 0 Å². The lowest BCUT2D eigenvalue weighted by Gasteiger charge is -2.30. The van der Waals surface area contributed by atoms with Crippen molar-refractivity contribution in [3.8, 4) is 0 Å². The zero-order chi connectivity index (χ0) is 24.2. The highest BCUT2D eigenvalue weighted by Crippen LogP contribution is 2.30. The summed E-state index contributed by atoms with van der Waals surface area (Å²) in [6, 6.07) is 6.14. The van der Waals surface area contributed by atoms with Gasteiger partial charge in [0, 0.05) is 32.1 Å². The minimum absolute atomic E-state index is 0.00622. The van der Waals surface area contributed by atoms with Crippen LogP contribution in [0.2, 0.25) is 0 Å². The van der Waals surface area contributed by atoms with E-state index in [2.05, 4.69) is 5.32 Å². The van der Waals surface area contributed by atoms with Crippen LogP contribution in [0.25, 0.3) is 0 Å². The van der Waals surface area contributed by atoms with Crippen LogP contribution in [-0.4, -0.2) is 67.7 Å². The number of rotatable bonds is 8. The largest absolute Gasteiger partial charge is 0.455 e. The predicted octanol–water partition coefficient (Wildman–Crippen LogP) is 2.38. The minimum atomic E-state index is -3.81. The first-order valence-corrected chi connectivity index (χ1v) is 12.9. The van der Waals surface area contributed by atoms with E-state index in [1.165, 1.54) is 16.4 Å². The van der Waals surface area contributed by atoms with E-state index >= 15 is 0 Å². The number of nitrogens with one attached hydrogen (secondary N) is 1. The summed E-state index contributed by atoms with van der Waals surface area (Å²) in [5.41, 5.74) is 0.142. The Balaban J connectivity index is 1.62. The van der Waals surface area contributed by atoms with Gasteiger partial charge in [-0.2, -0.15) is 4.31 Å². The Bertz CT molecular complexity index is 988. The first-order valence-electron chi connectivity index (χ1n) is 11.4. The molecule has 1 heterocycles. The average Bonchev–Trinajstić information content (AvgIpc) is 3.20. The number of hydrogen-bond acceptors (Lipinski definition) is 6. The second-order valence-electron chi connectivity index (χ2n) is 9.01. The van der Waals surface area contributed by atoms with Gasteiger partial charge < -0.3 is 15.0 Å². The molecule has 0 bridgehead atoms. The molecule has 2 amide bonds. The number of hydrogen-bond donors (Lipinski definition) is 1. The molecule has 0 radical (unpaired) electrons. The van der Waals surface area contributed by atoms with Crippen LogP contribution >= 0.6 is 0 Å². The molecule has 182 valence electrons. The minimum Gasteiger partial charge on any atom is -0.455 e. The second-order valence-corrected chi connectivity index (χ2v) is 11.0. The highest BCUT2D eigenvalue weighted by Gasteiger charge is 2.37. The van der Waals surface area contributed by atoms with E-state index < -0.39 is 34.4 Å². The molecule has 1 saturated carbocycles.